The highest BCUT2D eigenvalue weighted by Gasteiger charge is 2.83. The molecule has 6 aromatic carbocycles. The minimum atomic E-state index is -2.78. The lowest BCUT2D eigenvalue weighted by Gasteiger charge is -2.45. The van der Waals surface area contributed by atoms with Gasteiger partial charge in [-0.25, -0.2) is 9.97 Å². The van der Waals surface area contributed by atoms with E-state index >= 15 is 0 Å². The molecule has 25 nitrogen and oxygen atoms in total. The van der Waals surface area contributed by atoms with Crippen molar-refractivity contribution in [2.45, 2.75) is 320 Å². The van der Waals surface area contributed by atoms with E-state index in [1.807, 2.05) is 94.6 Å². The van der Waals surface area contributed by atoms with E-state index in [4.69, 9.17) is 97.4 Å². The topological polar surface area (TPSA) is 283 Å². The van der Waals surface area contributed by atoms with Crippen molar-refractivity contribution in [3.05, 3.63) is 199 Å². The van der Waals surface area contributed by atoms with Gasteiger partial charge in [0.25, 0.3) is 25.0 Å². The number of aliphatic hydroxyl groups excluding tert-OH is 2. The number of halogens is 3. The molecule has 2 aromatic heterocycles. The zero-order valence-electron chi connectivity index (χ0n) is 89.6. The molecule has 5 aliphatic heterocycles. The van der Waals surface area contributed by atoms with Crippen LogP contribution in [0, 0.1) is 56.7 Å². The minimum Gasteiger partial charge on any atom is -0.401 e. The molecule has 3 unspecified atom stereocenters. The molecule has 796 valence electrons. The van der Waals surface area contributed by atoms with Crippen molar-refractivity contribution in [2.24, 2.45) is 56.7 Å². The van der Waals surface area contributed by atoms with Crippen molar-refractivity contribution in [3.8, 4) is 0 Å². The Labute approximate surface area is 885 Å². The summed E-state index contributed by atoms with van der Waals surface area (Å²) >= 11 is 16.1. The van der Waals surface area contributed by atoms with E-state index in [0.29, 0.717) is 55.4 Å². The number of hydrogen-bond acceptors (Lipinski definition) is 24. The predicted molar refractivity (Wildman–Crippen MR) is 581 cm³/mol. The standard InChI is InChI=1S/C29H41O5PSi.C26H33BrO3Si.C26H34O4Si.C18H23Cl2N4O4P.C13H23O5P/c1-8-31-35(7,30)20-29-19-23(29)24(25-26(29)33-28(5,6)32-25)34-36(27(2,3)4,21-15-11-9-12-16-21)22-17-13-10-14-18-22;2*1-24(2,3)31(18-12-8-6-9-13-18,19-14-10-7-11-15-19)30-21-20-16-26(20,17-27)23-22(21)28-25(4,5)29-23;1-5-26-29(4,25)7-18-6-9(18)11(12-13(18)28-17(2,3)27-12)24-8-21-10-14(19)22-16(20)23-15(10)24;1-5-16-19(4,15)7-13-6-8(13)9(14)10-11(13)18-12(2,3)17-10/h9-18,23-26H,8,19-20H2,1-7H3;6-15,20-23H,16-17H2,1-5H3;6-15,20-23,27H,16-17H2,1-5H3;8-9,11-13H,5-7H2,1-4H3;8-11,14H,5-7H2,1-4H3/t23-,24+,25+,26+,29+,35?;2*20-,21+,22+,23+,26+;9-,11-,12+,13+,18+,29?;8-,9+,10+,11+,13+,19?/m11111/s1. The second kappa shape index (κ2) is 38.8. The number of alkyl halides is 1. The average molecular weight is 2220 g/mol. The Morgan fingerprint density at radius 2 is 0.658 bits per heavy atom. The maximum Gasteiger partial charge on any atom is 0.261 e. The first-order valence-corrected chi connectivity index (χ1v) is 67.0. The van der Waals surface area contributed by atoms with E-state index in [2.05, 4.69) is 275 Å². The van der Waals surface area contributed by atoms with Gasteiger partial charge >= 0.3 is 0 Å². The molecule has 0 spiro atoms. The van der Waals surface area contributed by atoms with Crippen LogP contribution < -0.4 is 31.1 Å². The second-order valence-electron chi connectivity index (χ2n) is 49.7. The number of ether oxygens (including phenoxy) is 10. The summed E-state index contributed by atoms with van der Waals surface area (Å²) in [5, 5.41) is 29.2. The van der Waals surface area contributed by atoms with Crippen molar-refractivity contribution in [2.75, 3.05) is 70.2 Å². The van der Waals surface area contributed by atoms with Gasteiger partial charge in [-0.3, -0.25) is 13.7 Å². The number of rotatable bonds is 27. The number of nitrogens with zero attached hydrogens (tertiary/aromatic N) is 4. The summed E-state index contributed by atoms with van der Waals surface area (Å²) in [5.41, 5.74) is 0.285. The molecule has 10 aliphatic carbocycles. The fourth-order valence-corrected chi connectivity index (χ4v) is 50.9. The lowest BCUT2D eigenvalue weighted by molar-refractivity contribution is -0.168. The van der Waals surface area contributed by atoms with Crippen molar-refractivity contribution >= 4 is 128 Å². The first-order valence-electron chi connectivity index (χ1n) is 52.6. The fraction of sp³-hybridized carbons (Fsp3) is 0.634. The summed E-state index contributed by atoms with van der Waals surface area (Å²) in [6.45, 7) is 52.5. The molecule has 15 fully saturated rings. The van der Waals surface area contributed by atoms with E-state index in [-0.39, 0.29) is 168 Å². The summed E-state index contributed by atoms with van der Waals surface area (Å²) in [7, 11) is -16.3. The molecule has 15 aliphatic rings. The highest BCUT2D eigenvalue weighted by atomic mass is 79.9. The Hall–Kier alpha value is -4.45. The third-order valence-corrected chi connectivity index (χ3v) is 56.9. The van der Waals surface area contributed by atoms with Gasteiger partial charge in [0.2, 0.25) is 27.4 Å². The van der Waals surface area contributed by atoms with E-state index in [9.17, 15) is 23.9 Å². The molecule has 0 amide bonds. The molecule has 28 atom stereocenters. The molecule has 34 heteroatoms. The van der Waals surface area contributed by atoms with E-state index in [1.54, 1.807) is 26.3 Å². The number of hydrogen-bond donors (Lipinski definition) is 2. The lowest BCUT2D eigenvalue weighted by Crippen LogP contribution is -2.68. The highest BCUT2D eigenvalue weighted by molar-refractivity contribution is 9.09. The number of aliphatic hydroxyl groups is 2. The van der Waals surface area contributed by atoms with Crippen LogP contribution in [0.25, 0.3) is 11.2 Å². The van der Waals surface area contributed by atoms with Crippen LogP contribution in [0.3, 0.4) is 0 Å². The van der Waals surface area contributed by atoms with Crippen LogP contribution in [-0.2, 0) is 87.9 Å². The van der Waals surface area contributed by atoms with Gasteiger partial charge in [-0.15, -0.1) is 0 Å². The number of benzene rings is 6. The van der Waals surface area contributed by atoms with E-state index in [0.717, 1.165) is 37.4 Å². The molecule has 146 heavy (non-hydrogen) atoms. The van der Waals surface area contributed by atoms with Crippen molar-refractivity contribution in [1.29, 1.82) is 0 Å². The van der Waals surface area contributed by atoms with Crippen LogP contribution in [0.5, 0.6) is 0 Å². The predicted octanol–water partition coefficient (Wildman–Crippen LogP) is 19.7. The van der Waals surface area contributed by atoms with Crippen LogP contribution in [0.15, 0.2) is 188 Å². The maximum atomic E-state index is 13.4. The monoisotopic (exact) mass is 2220 g/mol. The zero-order chi connectivity index (χ0) is 105. The highest BCUT2D eigenvalue weighted by Crippen LogP contribution is 2.78. The SMILES string of the molecule is CC1(C)O[C@H]2[C@@H](O[Si](c3ccccc3)(c3ccccc3)C(C)(C)C)[C@H]3C[C@@]3(CBr)[C@H]2O1.CC1(C)O[C@H]2[C@@H](O[Si](c3ccccc3)(c3ccccc3)C(C)(C)C)[C@H]3C[C@@]3(CO)[C@H]2O1.CCOP(C)(=O)C[C@@]12C[C@@H]1[C@@H](n1cnc3c(Cl)nc(Cl)nc31)[C@@H]1OC(C)(C)O[C@@H]12.CCOP(C)(=O)C[C@@]12C[C@@H]1[C@H](O)[C@@H]1OC(C)(C)O[C@@H]12.CCOP(C)(=O)C[C@@]12C[C@@H]1[C@H](O[Si](c1ccccc1)(c1ccccc1)C(C)(C)C)[C@@H]1OC(C)(C)O[C@@H]12. The fourth-order valence-electron chi connectivity index (χ4n) is 28.6. The maximum absolute atomic E-state index is 13.4. The smallest absolute Gasteiger partial charge is 0.261 e. The largest absolute Gasteiger partial charge is 0.401 e. The molecule has 23 rings (SSSR count). The van der Waals surface area contributed by atoms with Crippen molar-refractivity contribution < 1.29 is 98.1 Å². The summed E-state index contributed by atoms with van der Waals surface area (Å²) in [4.78, 5) is 12.7. The molecule has 7 heterocycles. The van der Waals surface area contributed by atoms with Gasteiger partial charge in [0.15, 0.2) is 39.7 Å². The third kappa shape index (κ3) is 19.4. The van der Waals surface area contributed by atoms with Crippen LogP contribution in [0.1, 0.15) is 190 Å². The summed E-state index contributed by atoms with van der Waals surface area (Å²) < 4.78 is 143. The van der Waals surface area contributed by atoms with Gasteiger partial charge in [-0.2, -0.15) is 4.98 Å². The Bertz CT molecular complexity index is 5920. The lowest BCUT2D eigenvalue weighted by atomic mass is 10.0. The molecule has 2 N–H and O–H groups in total. The van der Waals surface area contributed by atoms with Gasteiger partial charge < -0.3 is 89.0 Å². The Morgan fingerprint density at radius 3 is 0.993 bits per heavy atom. The third-order valence-electron chi connectivity index (χ3n) is 34.4. The first-order chi connectivity index (χ1) is 68.4. The quantitative estimate of drug-likeness (QED) is 0.0159. The molecule has 5 saturated heterocycles. The Balaban J connectivity index is 0.000000116. The Morgan fingerprint density at radius 1 is 0.390 bits per heavy atom. The van der Waals surface area contributed by atoms with Crippen molar-refractivity contribution in [1.82, 2.24) is 19.5 Å². The van der Waals surface area contributed by atoms with Crippen LogP contribution in [-0.4, -0.2) is 239 Å². The van der Waals surface area contributed by atoms with E-state index < -0.39 is 82.1 Å². The minimum absolute atomic E-state index is 0.0204. The van der Waals surface area contributed by atoms with E-state index in [1.165, 1.54) is 31.1 Å². The number of imidazole rings is 1. The Kier molecular flexibility index (Phi) is 29.2. The summed E-state index contributed by atoms with van der Waals surface area (Å²) in [6, 6.07) is 64.7. The van der Waals surface area contributed by atoms with Gasteiger partial charge in [0, 0.05) is 70.9 Å². The van der Waals surface area contributed by atoms with Crippen LogP contribution in [0.4, 0.5) is 0 Å². The van der Waals surface area contributed by atoms with Crippen molar-refractivity contribution in [3.63, 3.8) is 0 Å². The van der Waals surface area contributed by atoms with Crippen LogP contribution >= 0.6 is 61.2 Å². The summed E-state index contributed by atoms with van der Waals surface area (Å²) in [6.07, 6.45) is 5.88. The first kappa shape index (κ1) is 110. The van der Waals surface area contributed by atoms with Gasteiger partial charge in [-0.05, 0) is 210 Å². The average Bonchev–Trinajstić information content (AvgIpc) is 1.48. The van der Waals surface area contributed by atoms with Gasteiger partial charge in [0.05, 0.1) is 93.7 Å². The number of fused-ring (bicyclic) bond motifs is 16. The van der Waals surface area contributed by atoms with Crippen LogP contribution in [0.2, 0.25) is 25.6 Å². The molecule has 8 aromatic rings. The summed E-state index contributed by atoms with van der Waals surface area (Å²) in [5.74, 6) is -1.98. The zero-order valence-corrected chi connectivity index (χ0v) is 98.3. The molecule has 0 bridgehead atoms. The van der Waals surface area contributed by atoms with Gasteiger partial charge in [0.1, 0.15) is 36.0 Å². The number of aromatic nitrogens is 4. The molecular formula is C112H154BrCl2N4O21P3Si3. The molecule has 0 radical (unpaired) electrons. The molecular weight excluding hydrogens is 2070 g/mol. The normalized spacial score (nSPS) is 36.1. The second-order valence-corrected chi connectivity index (χ2v) is 71.5. The van der Waals surface area contributed by atoms with Gasteiger partial charge in [-0.1, -0.05) is 272 Å². The molecule has 10 saturated carbocycles.